The van der Waals surface area contributed by atoms with Crippen molar-refractivity contribution in [2.45, 2.75) is 26.5 Å². The minimum absolute atomic E-state index is 0.0330. The van der Waals surface area contributed by atoms with Gasteiger partial charge in [-0.05, 0) is 23.6 Å². The van der Waals surface area contributed by atoms with Crippen LogP contribution in [0.3, 0.4) is 0 Å². The van der Waals surface area contributed by atoms with Crippen molar-refractivity contribution in [3.63, 3.8) is 0 Å². The van der Waals surface area contributed by atoms with E-state index in [4.69, 9.17) is 4.74 Å². The highest BCUT2D eigenvalue weighted by Crippen LogP contribution is 2.08. The summed E-state index contributed by atoms with van der Waals surface area (Å²) in [4.78, 5) is 24.4. The lowest BCUT2D eigenvalue weighted by Crippen LogP contribution is -2.46. The molecule has 1 amide bonds. The highest BCUT2D eigenvalue weighted by molar-refractivity contribution is 5.90. The van der Waals surface area contributed by atoms with Gasteiger partial charge in [0.25, 0.3) is 0 Å². The zero-order valence-corrected chi connectivity index (χ0v) is 14.6. The van der Waals surface area contributed by atoms with Crippen LogP contribution in [-0.2, 0) is 16.1 Å². The van der Waals surface area contributed by atoms with Crippen molar-refractivity contribution in [1.29, 1.82) is 0 Å². The van der Waals surface area contributed by atoms with Crippen LogP contribution in [0, 0.1) is 5.92 Å². The van der Waals surface area contributed by atoms with Crippen LogP contribution in [0.1, 0.15) is 19.4 Å². The van der Waals surface area contributed by atoms with E-state index in [1.54, 1.807) is 0 Å². The molecule has 0 heterocycles. The molecule has 2 aromatic rings. The van der Waals surface area contributed by atoms with Crippen LogP contribution < -0.4 is 10.6 Å². The molecule has 0 aliphatic carbocycles. The van der Waals surface area contributed by atoms with Crippen molar-refractivity contribution in [2.75, 3.05) is 11.9 Å². The first-order valence-corrected chi connectivity index (χ1v) is 8.35. The molecule has 132 valence electrons. The monoisotopic (exact) mass is 340 g/mol. The number of nitrogens with one attached hydrogen (secondary N) is 2. The maximum Gasteiger partial charge on any atom is 0.408 e. The minimum atomic E-state index is -0.598. The van der Waals surface area contributed by atoms with Crippen LogP contribution in [-0.4, -0.2) is 24.5 Å². The average Bonchev–Trinajstić information content (AvgIpc) is 2.64. The fourth-order valence-electron chi connectivity index (χ4n) is 2.37. The lowest BCUT2D eigenvalue weighted by atomic mass is 10.00. The molecule has 0 radical (unpaired) electrons. The summed E-state index contributed by atoms with van der Waals surface area (Å²) in [7, 11) is 0. The van der Waals surface area contributed by atoms with E-state index in [0.717, 1.165) is 11.3 Å². The molecule has 0 fully saturated rings. The first-order chi connectivity index (χ1) is 12.1. The van der Waals surface area contributed by atoms with Crippen molar-refractivity contribution >= 4 is 17.6 Å². The number of anilines is 1. The number of carbonyl (C=O) groups is 2. The Morgan fingerprint density at radius 1 is 0.960 bits per heavy atom. The van der Waals surface area contributed by atoms with E-state index >= 15 is 0 Å². The van der Waals surface area contributed by atoms with Gasteiger partial charge in [0.1, 0.15) is 6.61 Å². The highest BCUT2D eigenvalue weighted by Gasteiger charge is 2.24. The third-order valence-electron chi connectivity index (χ3n) is 3.74. The van der Waals surface area contributed by atoms with Crippen LogP contribution in [0.25, 0.3) is 0 Å². The van der Waals surface area contributed by atoms with Gasteiger partial charge in [-0.2, -0.15) is 0 Å². The normalized spacial score (nSPS) is 11.6. The number of Topliss-reactive ketones (excluding diaryl/α,β-unsaturated/α-hetero) is 1. The van der Waals surface area contributed by atoms with E-state index in [1.807, 2.05) is 74.5 Å². The maximum atomic E-state index is 12.4. The fourth-order valence-corrected chi connectivity index (χ4v) is 2.37. The number of para-hydroxylation sites is 1. The Morgan fingerprint density at radius 3 is 2.16 bits per heavy atom. The summed E-state index contributed by atoms with van der Waals surface area (Å²) in [5.41, 5.74) is 1.76. The molecule has 0 unspecified atom stereocenters. The molecule has 0 saturated heterocycles. The van der Waals surface area contributed by atoms with Crippen LogP contribution in [0.2, 0.25) is 0 Å². The summed E-state index contributed by atoms with van der Waals surface area (Å²) in [5, 5.41) is 5.74. The van der Waals surface area contributed by atoms with Gasteiger partial charge in [0.15, 0.2) is 5.78 Å². The summed E-state index contributed by atoms with van der Waals surface area (Å²) in [6, 6.07) is 18.3. The molecule has 0 spiro atoms. The van der Waals surface area contributed by atoms with Crippen LogP contribution in [0.5, 0.6) is 0 Å². The van der Waals surface area contributed by atoms with Crippen molar-refractivity contribution in [3.8, 4) is 0 Å². The molecule has 0 aliphatic rings. The fraction of sp³-hybridized carbons (Fsp3) is 0.300. The molecule has 0 bridgehead atoms. The summed E-state index contributed by atoms with van der Waals surface area (Å²) in [6.45, 7) is 4.10. The Hall–Kier alpha value is -2.82. The van der Waals surface area contributed by atoms with Gasteiger partial charge in [0.2, 0.25) is 0 Å². The van der Waals surface area contributed by atoms with E-state index < -0.39 is 12.1 Å². The van der Waals surface area contributed by atoms with Crippen LogP contribution in [0.15, 0.2) is 60.7 Å². The quantitative estimate of drug-likeness (QED) is 0.770. The number of rotatable bonds is 8. The summed E-state index contributed by atoms with van der Waals surface area (Å²) < 4.78 is 5.20. The van der Waals surface area contributed by atoms with Crippen molar-refractivity contribution in [1.82, 2.24) is 5.32 Å². The molecule has 2 rings (SSSR count). The van der Waals surface area contributed by atoms with Crippen LogP contribution in [0.4, 0.5) is 10.5 Å². The van der Waals surface area contributed by atoms with Crippen LogP contribution >= 0.6 is 0 Å². The Kier molecular flexibility index (Phi) is 7.01. The standard InChI is InChI=1S/C20H24N2O3/c1-15(2)19(18(23)13-21-17-11-7-4-8-12-17)22-20(24)25-14-16-9-5-3-6-10-16/h3-12,15,19,21H,13-14H2,1-2H3,(H,22,24)/t19-/m0/s1. The number of carbonyl (C=O) groups excluding carboxylic acids is 2. The average molecular weight is 340 g/mol. The number of ether oxygens (including phenoxy) is 1. The molecule has 5 heteroatoms. The third-order valence-corrected chi connectivity index (χ3v) is 3.74. The second kappa shape index (κ2) is 9.47. The van der Waals surface area contributed by atoms with Crippen molar-refractivity contribution < 1.29 is 14.3 Å². The molecule has 1 atom stereocenters. The van der Waals surface area contributed by atoms with Gasteiger partial charge < -0.3 is 15.4 Å². The maximum absolute atomic E-state index is 12.4. The van der Waals surface area contributed by atoms with Gasteiger partial charge in [0, 0.05) is 5.69 Å². The smallest absolute Gasteiger partial charge is 0.408 e. The molecular formula is C20H24N2O3. The number of ketones is 1. The molecule has 25 heavy (non-hydrogen) atoms. The topological polar surface area (TPSA) is 67.4 Å². The lowest BCUT2D eigenvalue weighted by Gasteiger charge is -2.21. The molecular weight excluding hydrogens is 316 g/mol. The van der Waals surface area contributed by atoms with Gasteiger partial charge in [-0.1, -0.05) is 62.4 Å². The molecule has 0 saturated carbocycles. The molecule has 0 aliphatic heterocycles. The summed E-state index contributed by atoms with van der Waals surface area (Å²) in [6.07, 6.45) is -0.587. The predicted octanol–water partition coefficient (Wildman–Crippen LogP) is 3.62. The van der Waals surface area contributed by atoms with Gasteiger partial charge in [-0.15, -0.1) is 0 Å². The second-order valence-electron chi connectivity index (χ2n) is 6.11. The molecule has 2 aromatic carbocycles. The summed E-state index contributed by atoms with van der Waals surface area (Å²) >= 11 is 0. The molecule has 0 aromatic heterocycles. The Bertz CT molecular complexity index is 672. The highest BCUT2D eigenvalue weighted by atomic mass is 16.5. The molecule has 2 N–H and O–H groups in total. The zero-order chi connectivity index (χ0) is 18.1. The van der Waals surface area contributed by atoms with Gasteiger partial charge in [0.05, 0.1) is 12.6 Å². The Morgan fingerprint density at radius 2 is 1.56 bits per heavy atom. The predicted molar refractivity (Wildman–Crippen MR) is 98.3 cm³/mol. The largest absolute Gasteiger partial charge is 0.445 e. The zero-order valence-electron chi connectivity index (χ0n) is 14.6. The Labute approximate surface area is 148 Å². The van der Waals surface area contributed by atoms with Gasteiger partial charge >= 0.3 is 6.09 Å². The first kappa shape index (κ1) is 18.5. The number of benzene rings is 2. The summed E-state index contributed by atoms with van der Waals surface area (Å²) in [5.74, 6) is -0.120. The minimum Gasteiger partial charge on any atom is -0.445 e. The van der Waals surface area contributed by atoms with E-state index in [2.05, 4.69) is 10.6 Å². The van der Waals surface area contributed by atoms with Gasteiger partial charge in [-0.25, -0.2) is 4.79 Å². The van der Waals surface area contributed by atoms with E-state index in [9.17, 15) is 9.59 Å². The van der Waals surface area contributed by atoms with Crippen molar-refractivity contribution in [3.05, 3.63) is 66.2 Å². The molecule has 5 nitrogen and oxygen atoms in total. The number of hydrogen-bond acceptors (Lipinski definition) is 4. The Balaban J connectivity index is 1.84. The van der Waals surface area contributed by atoms with Gasteiger partial charge in [-0.3, -0.25) is 4.79 Å². The first-order valence-electron chi connectivity index (χ1n) is 8.35. The SMILES string of the molecule is CC(C)[C@H](NC(=O)OCc1ccccc1)C(=O)CNc1ccccc1. The lowest BCUT2D eigenvalue weighted by molar-refractivity contribution is -0.120. The number of alkyl carbamates (subject to hydrolysis) is 1. The second-order valence-corrected chi connectivity index (χ2v) is 6.11. The number of amides is 1. The van der Waals surface area contributed by atoms with E-state index in [-0.39, 0.29) is 24.9 Å². The van der Waals surface area contributed by atoms with Crippen molar-refractivity contribution in [2.24, 2.45) is 5.92 Å². The van der Waals surface area contributed by atoms with E-state index in [1.165, 1.54) is 0 Å². The third kappa shape index (κ3) is 6.30. The number of hydrogen-bond donors (Lipinski definition) is 2. The van der Waals surface area contributed by atoms with E-state index in [0.29, 0.717) is 0 Å².